The Labute approximate surface area is 125 Å². The van der Waals surface area contributed by atoms with E-state index < -0.39 is 0 Å². The number of halogens is 1. The number of hydrogen-bond donors (Lipinski definition) is 2. The number of hydrogen-bond acceptors (Lipinski definition) is 4. The van der Waals surface area contributed by atoms with Crippen molar-refractivity contribution in [2.75, 3.05) is 20.3 Å². The monoisotopic (exact) mass is 337 g/mol. The number of nitrogens with zero attached hydrogens (tertiary/aromatic N) is 1. The van der Waals surface area contributed by atoms with Gasteiger partial charge < -0.3 is 19.8 Å². The van der Waals surface area contributed by atoms with Crippen molar-refractivity contribution in [2.45, 2.75) is 13.0 Å². The third-order valence-corrected chi connectivity index (χ3v) is 3.76. The van der Waals surface area contributed by atoms with Gasteiger partial charge in [-0.15, -0.1) is 0 Å². The minimum Gasteiger partial charge on any atom is -0.490 e. The molecule has 2 aromatic rings. The van der Waals surface area contributed by atoms with Gasteiger partial charge in [0.2, 0.25) is 0 Å². The van der Waals surface area contributed by atoms with Crippen LogP contribution in [0.2, 0.25) is 0 Å². The topological polar surface area (TPSA) is 59.2 Å². The molecule has 2 heterocycles. The lowest BCUT2D eigenvalue weighted by atomic mass is 10.2. The molecule has 106 valence electrons. The molecule has 1 aromatic carbocycles. The number of H-pyrrole nitrogens is 1. The summed E-state index contributed by atoms with van der Waals surface area (Å²) < 4.78 is 12.2. The van der Waals surface area contributed by atoms with Crippen molar-refractivity contribution in [3.8, 4) is 22.9 Å². The molecule has 1 aromatic heterocycles. The number of rotatable bonds is 3. The molecular formula is C14H16BrN3O2. The van der Waals surface area contributed by atoms with Crippen molar-refractivity contribution < 1.29 is 9.47 Å². The van der Waals surface area contributed by atoms with Crippen LogP contribution in [0.4, 0.5) is 0 Å². The Kier molecular flexibility index (Phi) is 3.93. The molecule has 0 bridgehead atoms. The maximum Gasteiger partial charge on any atom is 0.161 e. The summed E-state index contributed by atoms with van der Waals surface area (Å²) in [6, 6.07) is 5.89. The first-order valence-electron chi connectivity index (χ1n) is 6.57. The normalized spacial score (nSPS) is 14.1. The van der Waals surface area contributed by atoms with Crippen LogP contribution < -0.4 is 14.8 Å². The van der Waals surface area contributed by atoms with Crippen LogP contribution in [0.5, 0.6) is 11.5 Å². The number of benzene rings is 1. The number of ether oxygens (including phenoxy) is 2. The van der Waals surface area contributed by atoms with Crippen molar-refractivity contribution in [1.29, 1.82) is 0 Å². The van der Waals surface area contributed by atoms with E-state index in [9.17, 15) is 0 Å². The van der Waals surface area contributed by atoms with Crippen LogP contribution in [0.3, 0.4) is 0 Å². The smallest absolute Gasteiger partial charge is 0.161 e. The van der Waals surface area contributed by atoms with Gasteiger partial charge in [0, 0.05) is 18.5 Å². The summed E-state index contributed by atoms with van der Waals surface area (Å²) in [7, 11) is 1.90. The summed E-state index contributed by atoms with van der Waals surface area (Å²) in [6.45, 7) is 2.12. The first kappa shape index (κ1) is 13.5. The van der Waals surface area contributed by atoms with Gasteiger partial charge in [-0.1, -0.05) is 0 Å². The SMILES string of the molecule is CNCc1[nH]c(-c2ccc3c(c2)OCCCO3)nc1Br. The first-order valence-corrected chi connectivity index (χ1v) is 7.36. The highest BCUT2D eigenvalue weighted by Crippen LogP contribution is 2.34. The van der Waals surface area contributed by atoms with Gasteiger partial charge in [0.05, 0.1) is 18.9 Å². The van der Waals surface area contributed by atoms with Gasteiger partial charge in [-0.05, 0) is 41.2 Å². The van der Waals surface area contributed by atoms with Crippen LogP contribution in [0.1, 0.15) is 12.1 Å². The molecule has 0 radical (unpaired) electrons. The highest BCUT2D eigenvalue weighted by Gasteiger charge is 2.14. The Bertz CT molecular complexity index is 612. The Hall–Kier alpha value is -1.53. The molecule has 5 nitrogen and oxygen atoms in total. The minimum absolute atomic E-state index is 0.684. The third kappa shape index (κ3) is 2.66. The standard InChI is InChI=1S/C14H16BrN3O2/c1-16-8-10-13(15)18-14(17-10)9-3-4-11-12(7-9)20-6-2-5-19-11/h3-4,7,16H,2,5-6,8H2,1H3,(H,17,18). The highest BCUT2D eigenvalue weighted by atomic mass is 79.9. The lowest BCUT2D eigenvalue weighted by molar-refractivity contribution is 0.297. The molecule has 0 atom stereocenters. The number of aromatic nitrogens is 2. The molecule has 0 unspecified atom stereocenters. The van der Waals surface area contributed by atoms with E-state index >= 15 is 0 Å². The zero-order chi connectivity index (χ0) is 13.9. The van der Waals surface area contributed by atoms with Crippen LogP contribution in [0.25, 0.3) is 11.4 Å². The molecule has 0 saturated heterocycles. The Morgan fingerprint density at radius 3 is 2.90 bits per heavy atom. The average Bonchev–Trinajstić information content (AvgIpc) is 2.69. The van der Waals surface area contributed by atoms with Gasteiger partial charge in [0.25, 0.3) is 0 Å². The summed E-state index contributed by atoms with van der Waals surface area (Å²) in [6.07, 6.45) is 0.905. The molecule has 2 N–H and O–H groups in total. The van der Waals surface area contributed by atoms with Gasteiger partial charge in [-0.25, -0.2) is 4.98 Å². The van der Waals surface area contributed by atoms with Crippen molar-refractivity contribution in [2.24, 2.45) is 0 Å². The summed E-state index contributed by atoms with van der Waals surface area (Å²) in [5, 5.41) is 3.10. The minimum atomic E-state index is 0.684. The van der Waals surface area contributed by atoms with E-state index in [1.165, 1.54) is 0 Å². The number of nitrogens with one attached hydrogen (secondary N) is 2. The van der Waals surface area contributed by atoms with E-state index in [0.717, 1.165) is 46.1 Å². The number of aromatic amines is 1. The fraction of sp³-hybridized carbons (Fsp3) is 0.357. The molecule has 1 aliphatic heterocycles. The summed E-state index contributed by atoms with van der Waals surface area (Å²) in [5.41, 5.74) is 2.01. The second-order valence-corrected chi connectivity index (χ2v) is 5.35. The van der Waals surface area contributed by atoms with Crippen molar-refractivity contribution in [3.63, 3.8) is 0 Å². The maximum absolute atomic E-state index is 5.70. The van der Waals surface area contributed by atoms with E-state index in [2.05, 4.69) is 31.2 Å². The van der Waals surface area contributed by atoms with Gasteiger partial charge in [0.15, 0.2) is 11.5 Å². The fourth-order valence-corrected chi connectivity index (χ4v) is 2.55. The van der Waals surface area contributed by atoms with Crippen LogP contribution in [0.15, 0.2) is 22.8 Å². The summed E-state index contributed by atoms with van der Waals surface area (Å²) in [4.78, 5) is 7.80. The lowest BCUT2D eigenvalue weighted by Gasteiger charge is -2.08. The van der Waals surface area contributed by atoms with Gasteiger partial charge in [-0.2, -0.15) is 0 Å². The fourth-order valence-electron chi connectivity index (χ4n) is 2.13. The molecule has 0 saturated carbocycles. The summed E-state index contributed by atoms with van der Waals surface area (Å²) in [5.74, 6) is 2.40. The molecule has 0 aliphatic carbocycles. The van der Waals surface area contributed by atoms with E-state index in [0.29, 0.717) is 13.2 Å². The molecule has 1 aliphatic rings. The van der Waals surface area contributed by atoms with Crippen LogP contribution in [-0.2, 0) is 6.54 Å². The Morgan fingerprint density at radius 2 is 2.10 bits per heavy atom. The Balaban J connectivity index is 1.94. The molecule has 0 spiro atoms. The second-order valence-electron chi connectivity index (χ2n) is 4.60. The Morgan fingerprint density at radius 1 is 1.30 bits per heavy atom. The van der Waals surface area contributed by atoms with Crippen LogP contribution in [0, 0.1) is 0 Å². The predicted octanol–water partition coefficient (Wildman–Crippen LogP) is 2.72. The van der Waals surface area contributed by atoms with E-state index in [1.807, 2.05) is 25.2 Å². The highest BCUT2D eigenvalue weighted by molar-refractivity contribution is 9.10. The van der Waals surface area contributed by atoms with E-state index in [-0.39, 0.29) is 0 Å². The second kappa shape index (κ2) is 5.85. The quantitative estimate of drug-likeness (QED) is 0.904. The predicted molar refractivity (Wildman–Crippen MR) is 80.1 cm³/mol. The zero-order valence-corrected chi connectivity index (χ0v) is 12.8. The molecule has 6 heteroatoms. The summed E-state index contributed by atoms with van der Waals surface area (Å²) >= 11 is 3.46. The number of imidazole rings is 1. The lowest BCUT2D eigenvalue weighted by Crippen LogP contribution is -2.05. The number of fused-ring (bicyclic) bond motifs is 1. The van der Waals surface area contributed by atoms with E-state index in [1.54, 1.807) is 0 Å². The first-order chi connectivity index (χ1) is 9.78. The third-order valence-electron chi connectivity index (χ3n) is 3.10. The molecular weight excluding hydrogens is 322 g/mol. The molecule has 0 fully saturated rings. The maximum atomic E-state index is 5.70. The molecule has 20 heavy (non-hydrogen) atoms. The van der Waals surface area contributed by atoms with Crippen molar-refractivity contribution in [3.05, 3.63) is 28.5 Å². The molecule has 3 rings (SSSR count). The molecule has 0 amide bonds. The van der Waals surface area contributed by atoms with Gasteiger partial charge in [-0.3, -0.25) is 0 Å². The van der Waals surface area contributed by atoms with Gasteiger partial charge in [0.1, 0.15) is 10.4 Å². The largest absolute Gasteiger partial charge is 0.490 e. The van der Waals surface area contributed by atoms with E-state index in [4.69, 9.17) is 9.47 Å². The van der Waals surface area contributed by atoms with Crippen molar-refractivity contribution in [1.82, 2.24) is 15.3 Å². The van der Waals surface area contributed by atoms with Gasteiger partial charge >= 0.3 is 0 Å². The van der Waals surface area contributed by atoms with Crippen LogP contribution in [-0.4, -0.2) is 30.2 Å². The average molecular weight is 338 g/mol. The zero-order valence-electron chi connectivity index (χ0n) is 11.2. The van der Waals surface area contributed by atoms with Crippen molar-refractivity contribution >= 4 is 15.9 Å². The van der Waals surface area contributed by atoms with Crippen LogP contribution >= 0.6 is 15.9 Å².